The summed E-state index contributed by atoms with van der Waals surface area (Å²) in [6.07, 6.45) is 4.88. The van der Waals surface area contributed by atoms with E-state index >= 15 is 0 Å². The number of hydrogen-bond donors (Lipinski definition) is 1. The van der Waals surface area contributed by atoms with Crippen LogP contribution in [0, 0.1) is 11.8 Å². The number of aromatic nitrogens is 1. The number of nitrogens with zero attached hydrogens (tertiary/aromatic N) is 3. The van der Waals surface area contributed by atoms with Crippen molar-refractivity contribution < 1.29 is 9.21 Å². The van der Waals surface area contributed by atoms with E-state index in [1.54, 1.807) is 6.20 Å². The monoisotopic (exact) mass is 468 g/mol. The molecule has 4 rings (SSSR count). The van der Waals surface area contributed by atoms with Crippen LogP contribution in [0.5, 0.6) is 0 Å². The Morgan fingerprint density at radius 2 is 1.81 bits per heavy atom. The molecule has 2 aromatic rings. The highest BCUT2D eigenvalue weighted by Gasteiger charge is 2.26. The number of carbonyl (C=O) groups is 1. The number of piperidine rings is 1. The number of benzene rings is 1. The fourth-order valence-electron chi connectivity index (χ4n) is 4.45. The van der Waals surface area contributed by atoms with Crippen LogP contribution < -0.4 is 5.32 Å². The van der Waals surface area contributed by atoms with Crippen molar-refractivity contribution in [2.75, 3.05) is 39.3 Å². The van der Waals surface area contributed by atoms with E-state index in [9.17, 15) is 4.79 Å². The molecule has 172 valence electrons. The molecule has 31 heavy (non-hydrogen) atoms. The van der Waals surface area contributed by atoms with Crippen LogP contribution in [0.2, 0.25) is 0 Å². The molecule has 0 saturated carbocycles. The number of hydrogen-bond acceptors (Lipinski definition) is 5. The highest BCUT2D eigenvalue weighted by Crippen LogP contribution is 2.25. The van der Waals surface area contributed by atoms with Gasteiger partial charge in [-0.15, -0.1) is 24.8 Å². The maximum absolute atomic E-state index is 12.7. The molecular formula is C23H34Cl2N4O2. The summed E-state index contributed by atoms with van der Waals surface area (Å²) in [6.45, 7) is 8.46. The number of amides is 1. The lowest BCUT2D eigenvalue weighted by Gasteiger charge is -2.35. The van der Waals surface area contributed by atoms with Gasteiger partial charge in [-0.1, -0.05) is 37.3 Å². The molecule has 1 amide bonds. The summed E-state index contributed by atoms with van der Waals surface area (Å²) in [5.41, 5.74) is 1.05. The molecule has 3 heterocycles. The van der Waals surface area contributed by atoms with Gasteiger partial charge in [-0.05, 0) is 37.8 Å². The smallest absolute Gasteiger partial charge is 0.222 e. The molecule has 2 aliphatic rings. The van der Waals surface area contributed by atoms with Gasteiger partial charge in [-0.25, -0.2) is 4.98 Å². The van der Waals surface area contributed by atoms with Gasteiger partial charge in [-0.3, -0.25) is 9.69 Å². The van der Waals surface area contributed by atoms with Crippen LogP contribution in [-0.4, -0.2) is 60.0 Å². The summed E-state index contributed by atoms with van der Waals surface area (Å²) < 4.78 is 5.93. The Hall–Kier alpha value is -1.60. The van der Waals surface area contributed by atoms with E-state index in [2.05, 4.69) is 22.1 Å². The quantitative estimate of drug-likeness (QED) is 0.697. The Morgan fingerprint density at radius 3 is 2.48 bits per heavy atom. The molecule has 1 unspecified atom stereocenters. The van der Waals surface area contributed by atoms with E-state index in [-0.39, 0.29) is 24.8 Å². The summed E-state index contributed by atoms with van der Waals surface area (Å²) in [4.78, 5) is 21.5. The van der Waals surface area contributed by atoms with Crippen molar-refractivity contribution in [2.24, 2.45) is 11.8 Å². The summed E-state index contributed by atoms with van der Waals surface area (Å²) in [5.74, 6) is 3.03. The minimum absolute atomic E-state index is 0. The molecule has 2 saturated heterocycles. The largest absolute Gasteiger partial charge is 0.439 e. The van der Waals surface area contributed by atoms with Gasteiger partial charge >= 0.3 is 0 Å². The highest BCUT2D eigenvalue weighted by molar-refractivity contribution is 5.85. The molecular weight excluding hydrogens is 435 g/mol. The van der Waals surface area contributed by atoms with E-state index in [0.717, 1.165) is 56.5 Å². The number of nitrogens with one attached hydrogen (secondary N) is 1. The fraction of sp³-hybridized carbons (Fsp3) is 0.565. The van der Waals surface area contributed by atoms with Gasteiger partial charge in [0.2, 0.25) is 11.8 Å². The van der Waals surface area contributed by atoms with Gasteiger partial charge < -0.3 is 14.6 Å². The number of carbonyl (C=O) groups excluding carboxylic acids is 1. The third kappa shape index (κ3) is 6.94. The average molecular weight is 469 g/mol. The molecule has 6 nitrogen and oxygen atoms in total. The zero-order valence-electron chi connectivity index (χ0n) is 18.2. The second kappa shape index (κ2) is 12.4. The van der Waals surface area contributed by atoms with Crippen LogP contribution in [0.15, 0.2) is 40.9 Å². The molecule has 1 N–H and O–H groups in total. The van der Waals surface area contributed by atoms with Gasteiger partial charge in [0.1, 0.15) is 0 Å². The summed E-state index contributed by atoms with van der Waals surface area (Å²) in [5, 5.41) is 3.41. The lowest BCUT2D eigenvalue weighted by molar-refractivity contribution is -0.134. The topological polar surface area (TPSA) is 61.6 Å². The Bertz CT molecular complexity index is 788. The first-order valence-corrected chi connectivity index (χ1v) is 10.9. The predicted molar refractivity (Wildman–Crippen MR) is 128 cm³/mol. The average Bonchev–Trinajstić information content (AvgIpc) is 3.24. The van der Waals surface area contributed by atoms with Gasteiger partial charge in [0, 0.05) is 38.2 Å². The first-order chi connectivity index (χ1) is 14.2. The summed E-state index contributed by atoms with van der Waals surface area (Å²) in [7, 11) is 0. The SMILES string of the molecule is CC(CC(=O)N1CCN(Cc2ncc(-c3ccccc3)o2)CC1)C1CCNCC1.Cl.Cl. The second-order valence-electron chi connectivity index (χ2n) is 8.41. The first kappa shape index (κ1) is 25.7. The number of halogens is 2. The fourth-order valence-corrected chi connectivity index (χ4v) is 4.45. The van der Waals surface area contributed by atoms with Crippen molar-refractivity contribution in [3.63, 3.8) is 0 Å². The molecule has 0 radical (unpaired) electrons. The molecule has 0 bridgehead atoms. The molecule has 0 aliphatic carbocycles. The Morgan fingerprint density at radius 1 is 1.13 bits per heavy atom. The summed E-state index contributed by atoms with van der Waals surface area (Å²) >= 11 is 0. The zero-order chi connectivity index (χ0) is 20.1. The van der Waals surface area contributed by atoms with E-state index in [4.69, 9.17) is 4.42 Å². The van der Waals surface area contributed by atoms with E-state index in [1.807, 2.05) is 35.2 Å². The van der Waals surface area contributed by atoms with Crippen molar-refractivity contribution in [1.82, 2.24) is 20.1 Å². The minimum Gasteiger partial charge on any atom is -0.439 e. The number of oxazole rings is 1. The number of rotatable bonds is 6. The molecule has 2 fully saturated rings. The first-order valence-electron chi connectivity index (χ1n) is 10.9. The van der Waals surface area contributed by atoms with Gasteiger partial charge in [-0.2, -0.15) is 0 Å². The molecule has 0 spiro atoms. The number of piperazine rings is 1. The van der Waals surface area contributed by atoms with Gasteiger partial charge in [0.15, 0.2) is 5.76 Å². The van der Waals surface area contributed by atoms with Crippen molar-refractivity contribution in [1.29, 1.82) is 0 Å². The van der Waals surface area contributed by atoms with Gasteiger partial charge in [0.05, 0.1) is 12.7 Å². The lowest BCUT2D eigenvalue weighted by Crippen LogP contribution is -2.48. The molecule has 1 aromatic heterocycles. The Kier molecular flexibility index (Phi) is 10.3. The van der Waals surface area contributed by atoms with E-state index < -0.39 is 0 Å². The lowest BCUT2D eigenvalue weighted by atomic mass is 9.84. The standard InChI is InChI=1S/C23H32N4O2.2ClH/c1-18(19-7-9-24-10-8-19)15-23(28)27-13-11-26(12-14-27)17-22-25-16-21(29-22)20-5-3-2-4-6-20;;/h2-6,16,18-19,24H,7-15,17H2,1H3;2*1H. The normalized spacial score (nSPS) is 18.7. The minimum atomic E-state index is 0. The van der Waals surface area contributed by atoms with Crippen molar-refractivity contribution >= 4 is 30.7 Å². The van der Waals surface area contributed by atoms with Crippen molar-refractivity contribution in [2.45, 2.75) is 32.7 Å². The second-order valence-corrected chi connectivity index (χ2v) is 8.41. The van der Waals surface area contributed by atoms with Crippen LogP contribution in [0.25, 0.3) is 11.3 Å². The third-order valence-electron chi connectivity index (χ3n) is 6.38. The maximum atomic E-state index is 12.7. The molecule has 1 aromatic carbocycles. The van der Waals surface area contributed by atoms with Crippen LogP contribution >= 0.6 is 24.8 Å². The predicted octanol–water partition coefficient (Wildman–Crippen LogP) is 3.86. The van der Waals surface area contributed by atoms with Crippen molar-refractivity contribution in [3.8, 4) is 11.3 Å². The Labute approximate surface area is 197 Å². The molecule has 8 heteroatoms. The molecule has 1 atom stereocenters. The Balaban J connectivity index is 0.00000171. The molecule has 2 aliphatic heterocycles. The van der Waals surface area contributed by atoms with Crippen LogP contribution in [0.3, 0.4) is 0 Å². The third-order valence-corrected chi connectivity index (χ3v) is 6.38. The van der Waals surface area contributed by atoms with Crippen molar-refractivity contribution in [3.05, 3.63) is 42.4 Å². The summed E-state index contributed by atoms with van der Waals surface area (Å²) in [6, 6.07) is 10.0. The zero-order valence-corrected chi connectivity index (χ0v) is 19.8. The van der Waals surface area contributed by atoms with E-state index in [1.165, 1.54) is 12.8 Å². The van der Waals surface area contributed by atoms with E-state index in [0.29, 0.717) is 30.7 Å². The van der Waals surface area contributed by atoms with Crippen LogP contribution in [0.1, 0.15) is 32.1 Å². The van der Waals surface area contributed by atoms with Crippen LogP contribution in [-0.2, 0) is 11.3 Å². The highest BCUT2D eigenvalue weighted by atomic mass is 35.5. The van der Waals surface area contributed by atoms with Gasteiger partial charge in [0.25, 0.3) is 0 Å². The maximum Gasteiger partial charge on any atom is 0.222 e. The van der Waals surface area contributed by atoms with Crippen LogP contribution in [0.4, 0.5) is 0 Å².